The maximum absolute atomic E-state index is 13.1. The van der Waals surface area contributed by atoms with Gasteiger partial charge in [0.1, 0.15) is 11.3 Å². The number of aromatic nitrogens is 6. The molecule has 4 saturated carbocycles. The highest BCUT2D eigenvalue weighted by Gasteiger charge is 2.57. The summed E-state index contributed by atoms with van der Waals surface area (Å²) in [7, 11) is 0. The van der Waals surface area contributed by atoms with Crippen LogP contribution in [0.4, 0.5) is 0 Å². The van der Waals surface area contributed by atoms with E-state index in [1.54, 1.807) is 4.68 Å². The fourth-order valence-electron chi connectivity index (χ4n) is 6.70. The molecule has 162 valence electrons. The fraction of sp³-hybridized carbons (Fsp3) is 0.591. The van der Waals surface area contributed by atoms with Gasteiger partial charge >= 0.3 is 0 Å². The summed E-state index contributed by atoms with van der Waals surface area (Å²) in [4.78, 5) is 17.8. The highest BCUT2D eigenvalue weighted by Crippen LogP contribution is 2.65. The van der Waals surface area contributed by atoms with E-state index in [1.807, 2.05) is 28.8 Å². The van der Waals surface area contributed by atoms with Crippen molar-refractivity contribution in [2.24, 2.45) is 23.2 Å². The number of aliphatic hydroxyl groups excluding tert-OH is 1. The zero-order chi connectivity index (χ0) is 21.0. The van der Waals surface area contributed by atoms with Crippen LogP contribution >= 0.6 is 0 Å². The Morgan fingerprint density at radius 3 is 2.87 bits per heavy atom. The first-order valence-electron chi connectivity index (χ1n) is 11.2. The first-order valence-corrected chi connectivity index (χ1v) is 11.2. The monoisotopic (exact) mass is 421 g/mol. The second-order valence-electron chi connectivity index (χ2n) is 9.69. The number of rotatable bonds is 7. The van der Waals surface area contributed by atoms with Crippen LogP contribution in [-0.4, -0.2) is 53.8 Å². The van der Waals surface area contributed by atoms with Gasteiger partial charge in [0.2, 0.25) is 0 Å². The molecule has 0 radical (unpaired) electrons. The maximum Gasteiger partial charge on any atom is 0.268 e. The van der Waals surface area contributed by atoms with Gasteiger partial charge in [0, 0.05) is 19.2 Å². The van der Waals surface area contributed by atoms with Gasteiger partial charge < -0.3 is 10.4 Å². The number of pyridine rings is 1. The van der Waals surface area contributed by atoms with E-state index < -0.39 is 0 Å². The summed E-state index contributed by atoms with van der Waals surface area (Å²) in [6, 6.07) is 5.61. The van der Waals surface area contributed by atoms with Crippen molar-refractivity contribution < 1.29 is 9.90 Å². The fourth-order valence-corrected chi connectivity index (χ4v) is 6.70. The van der Waals surface area contributed by atoms with Gasteiger partial charge in [0.15, 0.2) is 5.82 Å². The summed E-state index contributed by atoms with van der Waals surface area (Å²) in [5.41, 5.74) is 2.41. The predicted molar refractivity (Wildman–Crippen MR) is 111 cm³/mol. The first-order chi connectivity index (χ1) is 15.1. The molecule has 7 rings (SSSR count). The van der Waals surface area contributed by atoms with Gasteiger partial charge in [0.25, 0.3) is 5.91 Å². The largest absolute Gasteiger partial charge is 0.396 e. The van der Waals surface area contributed by atoms with Crippen molar-refractivity contribution in [3.8, 4) is 0 Å². The normalized spacial score (nSPS) is 28.6. The zero-order valence-electron chi connectivity index (χ0n) is 17.4. The van der Waals surface area contributed by atoms with Gasteiger partial charge in [0.05, 0.1) is 18.8 Å². The summed E-state index contributed by atoms with van der Waals surface area (Å²) >= 11 is 0. The number of nitrogens with zero attached hydrogens (tertiary/aromatic N) is 6. The predicted octanol–water partition coefficient (Wildman–Crippen LogP) is 1.46. The smallest absolute Gasteiger partial charge is 0.268 e. The number of amides is 1. The molecular formula is C22H27N7O2. The second kappa shape index (κ2) is 7.12. The number of carbonyl (C=O) groups excluding carboxylic acids is 1. The van der Waals surface area contributed by atoms with Crippen LogP contribution in [0.3, 0.4) is 0 Å². The maximum atomic E-state index is 13.1. The van der Waals surface area contributed by atoms with Gasteiger partial charge in [-0.25, -0.2) is 9.67 Å². The van der Waals surface area contributed by atoms with Gasteiger partial charge in [-0.05, 0) is 77.8 Å². The summed E-state index contributed by atoms with van der Waals surface area (Å²) in [6.07, 6.45) is 8.97. The van der Waals surface area contributed by atoms with Gasteiger partial charge in [-0.1, -0.05) is 6.07 Å². The lowest BCUT2D eigenvalue weighted by molar-refractivity contribution is 0.0907. The molecule has 4 bridgehead atoms. The van der Waals surface area contributed by atoms with Gasteiger partial charge in [-0.3, -0.25) is 9.20 Å². The van der Waals surface area contributed by atoms with E-state index in [1.165, 1.54) is 32.1 Å². The summed E-state index contributed by atoms with van der Waals surface area (Å²) in [6.45, 7) is 1.16. The number of fused-ring (bicyclic) bond motifs is 1. The molecule has 4 aliphatic rings. The summed E-state index contributed by atoms with van der Waals surface area (Å²) in [5, 5.41) is 24.0. The molecule has 4 aliphatic carbocycles. The highest BCUT2D eigenvalue weighted by molar-refractivity contribution is 5.93. The van der Waals surface area contributed by atoms with Crippen molar-refractivity contribution in [2.45, 2.75) is 45.1 Å². The molecule has 2 N–H and O–H groups in total. The van der Waals surface area contributed by atoms with E-state index in [0.29, 0.717) is 29.9 Å². The minimum atomic E-state index is -0.0430. The number of nitrogens with one attached hydrogen (secondary N) is 1. The van der Waals surface area contributed by atoms with Gasteiger partial charge in [-0.2, -0.15) is 0 Å². The average molecular weight is 422 g/mol. The Labute approximate surface area is 179 Å². The molecule has 0 saturated heterocycles. The number of hydrogen-bond donors (Lipinski definition) is 2. The van der Waals surface area contributed by atoms with Crippen molar-refractivity contribution in [2.75, 3.05) is 13.2 Å². The molecule has 0 aliphatic heterocycles. The van der Waals surface area contributed by atoms with Crippen LogP contribution in [0, 0.1) is 23.2 Å². The van der Waals surface area contributed by atoms with E-state index >= 15 is 0 Å². The minimum Gasteiger partial charge on any atom is -0.396 e. The molecular weight excluding hydrogens is 394 g/mol. The van der Waals surface area contributed by atoms with Crippen molar-refractivity contribution in [3.05, 3.63) is 41.6 Å². The van der Waals surface area contributed by atoms with Crippen LogP contribution in [-0.2, 0) is 13.0 Å². The Morgan fingerprint density at radius 2 is 2.06 bits per heavy atom. The summed E-state index contributed by atoms with van der Waals surface area (Å²) < 4.78 is 3.47. The quantitative estimate of drug-likeness (QED) is 0.598. The molecule has 3 aromatic heterocycles. The number of carbonyl (C=O) groups is 1. The number of imidazole rings is 1. The Bertz CT molecular complexity index is 1120. The van der Waals surface area contributed by atoms with Crippen molar-refractivity contribution in [1.82, 2.24) is 34.9 Å². The Hall–Kier alpha value is -2.81. The molecule has 31 heavy (non-hydrogen) atoms. The lowest BCUT2D eigenvalue weighted by Gasteiger charge is -2.33. The average Bonchev–Trinajstić information content (AvgIpc) is 3.48. The Kier molecular flexibility index (Phi) is 4.34. The van der Waals surface area contributed by atoms with Crippen LogP contribution in [0.5, 0.6) is 0 Å². The van der Waals surface area contributed by atoms with Crippen LogP contribution < -0.4 is 5.32 Å². The molecule has 9 heteroatoms. The Morgan fingerprint density at radius 1 is 1.23 bits per heavy atom. The van der Waals surface area contributed by atoms with Crippen molar-refractivity contribution in [1.29, 1.82) is 0 Å². The van der Waals surface area contributed by atoms with Crippen molar-refractivity contribution in [3.63, 3.8) is 0 Å². The third kappa shape index (κ3) is 3.13. The van der Waals surface area contributed by atoms with Crippen LogP contribution in [0.25, 0.3) is 5.65 Å². The minimum absolute atomic E-state index is 0.0142. The SMILES string of the molecule is O=C(NCC12CC3CC(CC1C3)C2)c1cccc2nc(Cn3nnnc3CCO)cn12. The third-order valence-electron chi connectivity index (χ3n) is 7.79. The highest BCUT2D eigenvalue weighted by atomic mass is 16.3. The van der Waals surface area contributed by atoms with Crippen LogP contribution in [0.2, 0.25) is 0 Å². The topological polar surface area (TPSA) is 110 Å². The summed E-state index contributed by atoms with van der Waals surface area (Å²) in [5.74, 6) is 3.14. The van der Waals surface area contributed by atoms with E-state index in [2.05, 4.69) is 25.8 Å². The molecule has 9 nitrogen and oxygen atoms in total. The van der Waals surface area contributed by atoms with E-state index in [9.17, 15) is 4.79 Å². The molecule has 3 heterocycles. The lowest BCUT2D eigenvalue weighted by atomic mass is 9.75. The number of tetrazole rings is 1. The van der Waals surface area contributed by atoms with Crippen molar-refractivity contribution >= 4 is 11.6 Å². The molecule has 3 aromatic rings. The lowest BCUT2D eigenvalue weighted by Crippen LogP contribution is -2.39. The van der Waals surface area contributed by atoms with Gasteiger partial charge in [-0.15, -0.1) is 5.10 Å². The van der Waals surface area contributed by atoms with E-state index in [0.717, 1.165) is 35.6 Å². The third-order valence-corrected chi connectivity index (χ3v) is 7.79. The van der Waals surface area contributed by atoms with Crippen LogP contribution in [0.1, 0.15) is 54.1 Å². The zero-order valence-corrected chi connectivity index (χ0v) is 17.4. The number of aliphatic hydroxyl groups is 1. The second-order valence-corrected chi connectivity index (χ2v) is 9.69. The standard InChI is InChI=1S/C22H27N7O2/c30-5-4-20-25-26-27-29(20)12-17-11-28-18(2-1-3-19(28)24-17)21(31)23-13-22-9-14-6-15(10-22)8-16(22)7-14/h1-3,11,14-16,30H,4-10,12-13H2,(H,23,31). The molecule has 1 amide bonds. The van der Waals surface area contributed by atoms with E-state index in [-0.39, 0.29) is 12.5 Å². The molecule has 2 unspecified atom stereocenters. The van der Waals surface area contributed by atoms with Crippen LogP contribution in [0.15, 0.2) is 24.4 Å². The van der Waals surface area contributed by atoms with E-state index in [4.69, 9.17) is 5.11 Å². The molecule has 0 spiro atoms. The number of hydrogen-bond acceptors (Lipinski definition) is 6. The first kappa shape index (κ1) is 18.9. The molecule has 2 atom stereocenters. The Balaban J connectivity index is 1.21. The molecule has 4 fully saturated rings. The molecule has 0 aromatic carbocycles.